The molecule has 4 rings (SSSR count). The van der Waals surface area contributed by atoms with Crippen LogP contribution in [0.2, 0.25) is 0 Å². The van der Waals surface area contributed by atoms with Crippen LogP contribution in [0.4, 0.5) is 19.6 Å². The molecular weight excluding hydrogens is 442 g/mol. The van der Waals surface area contributed by atoms with Crippen molar-refractivity contribution >= 4 is 44.3 Å². The predicted octanol–water partition coefficient (Wildman–Crippen LogP) is 1.73. The third-order valence-electron chi connectivity index (χ3n) is 5.27. The van der Waals surface area contributed by atoms with E-state index in [1.165, 1.54) is 23.7 Å². The highest BCUT2D eigenvalue weighted by Crippen LogP contribution is 2.29. The maximum Gasteiger partial charge on any atom is 0.273 e. The molecule has 1 saturated heterocycles. The lowest BCUT2D eigenvalue weighted by atomic mass is 9.96. The summed E-state index contributed by atoms with van der Waals surface area (Å²) in [4.78, 5) is 47.5. The fraction of sp³-hybridized carbons (Fsp3) is 0.350. The van der Waals surface area contributed by atoms with E-state index in [1.807, 2.05) is 4.90 Å². The molecule has 0 atom stereocenters. The Bertz CT molecular complexity index is 1240. The molecule has 1 aliphatic heterocycles. The van der Waals surface area contributed by atoms with Gasteiger partial charge in [0.05, 0.1) is 0 Å². The zero-order chi connectivity index (χ0) is 22.8. The van der Waals surface area contributed by atoms with Crippen LogP contribution in [0, 0.1) is 17.6 Å². The third-order valence-corrected chi connectivity index (χ3v) is 6.37. The molecule has 1 aliphatic rings. The van der Waals surface area contributed by atoms with Gasteiger partial charge in [-0.05, 0) is 25.0 Å². The van der Waals surface area contributed by atoms with Crippen LogP contribution in [0.25, 0.3) is 10.3 Å². The van der Waals surface area contributed by atoms with Gasteiger partial charge in [-0.3, -0.25) is 19.0 Å². The van der Waals surface area contributed by atoms with E-state index >= 15 is 0 Å². The Morgan fingerprint density at radius 2 is 1.97 bits per heavy atom. The Morgan fingerprint density at radius 3 is 2.66 bits per heavy atom. The molecule has 0 radical (unpaired) electrons. The first kappa shape index (κ1) is 21.8. The molecule has 12 heteroatoms. The van der Waals surface area contributed by atoms with Gasteiger partial charge in [-0.15, -0.1) is 0 Å². The lowest BCUT2D eigenvalue weighted by Gasteiger charge is -2.30. The van der Waals surface area contributed by atoms with Gasteiger partial charge in [0, 0.05) is 37.8 Å². The lowest BCUT2D eigenvalue weighted by Crippen LogP contribution is -2.39. The van der Waals surface area contributed by atoms with E-state index in [1.54, 1.807) is 7.05 Å². The number of hydrogen-bond acceptors (Lipinski definition) is 7. The number of thiazole rings is 1. The maximum atomic E-state index is 13.3. The second-order valence-corrected chi connectivity index (χ2v) is 8.36. The highest BCUT2D eigenvalue weighted by Gasteiger charge is 2.26. The van der Waals surface area contributed by atoms with Gasteiger partial charge >= 0.3 is 0 Å². The Morgan fingerprint density at radius 1 is 1.22 bits per heavy atom. The molecule has 32 heavy (non-hydrogen) atoms. The summed E-state index contributed by atoms with van der Waals surface area (Å²) in [5, 5.41) is 5.73. The summed E-state index contributed by atoms with van der Waals surface area (Å²) >= 11 is 1.19. The third kappa shape index (κ3) is 4.44. The zero-order valence-corrected chi connectivity index (χ0v) is 17.9. The molecule has 2 aromatic heterocycles. The van der Waals surface area contributed by atoms with Crippen molar-refractivity contribution in [1.82, 2.24) is 19.9 Å². The number of piperidine rings is 1. The summed E-state index contributed by atoms with van der Waals surface area (Å²) in [6, 6.07) is 2.99. The molecular formula is C20H20F2N6O3S. The summed E-state index contributed by atoms with van der Waals surface area (Å²) in [5.74, 6) is -2.69. The number of amides is 2. The maximum absolute atomic E-state index is 13.3. The number of benzene rings is 1. The van der Waals surface area contributed by atoms with Gasteiger partial charge in [0.25, 0.3) is 5.56 Å². The van der Waals surface area contributed by atoms with Gasteiger partial charge < -0.3 is 15.5 Å². The molecule has 3 heterocycles. The average molecular weight is 462 g/mol. The van der Waals surface area contributed by atoms with Crippen LogP contribution in [-0.4, -0.2) is 46.5 Å². The van der Waals surface area contributed by atoms with Crippen molar-refractivity contribution in [2.45, 2.75) is 19.4 Å². The number of anilines is 2. The molecule has 2 amide bonds. The van der Waals surface area contributed by atoms with Crippen molar-refractivity contribution < 1.29 is 18.4 Å². The topological polar surface area (TPSA) is 109 Å². The minimum absolute atomic E-state index is 0.0279. The Balaban J connectivity index is 1.47. The van der Waals surface area contributed by atoms with Gasteiger partial charge in [0.2, 0.25) is 11.8 Å². The predicted molar refractivity (Wildman–Crippen MR) is 116 cm³/mol. The van der Waals surface area contributed by atoms with Crippen molar-refractivity contribution in [2.75, 3.05) is 30.4 Å². The van der Waals surface area contributed by atoms with Gasteiger partial charge in [-0.2, -0.15) is 4.98 Å². The summed E-state index contributed by atoms with van der Waals surface area (Å²) < 4.78 is 27.8. The van der Waals surface area contributed by atoms with Crippen molar-refractivity contribution in [3.8, 4) is 0 Å². The number of carbonyl (C=O) groups excluding carboxylic acids is 2. The number of nitrogens with zero attached hydrogens (tertiary/aromatic N) is 4. The molecule has 1 fully saturated rings. The Labute approximate surface area is 185 Å². The van der Waals surface area contributed by atoms with Crippen LogP contribution < -0.4 is 21.1 Å². The molecule has 9 nitrogen and oxygen atoms in total. The second kappa shape index (κ2) is 8.99. The average Bonchev–Trinajstić information content (AvgIpc) is 3.23. The lowest BCUT2D eigenvalue weighted by molar-refractivity contribution is -0.125. The standard InChI is InChI=1S/C20H20F2N6O3S/c1-23-18(30)11-4-6-27(7-5-11)20-26-17-16(32-20)19(31)28(10-24-17)9-15(29)25-12-2-3-13(21)14(22)8-12/h2-3,8,10-11H,4-7,9H2,1H3,(H,23,30)(H,25,29). The summed E-state index contributed by atoms with van der Waals surface area (Å²) in [6.07, 6.45) is 2.62. The zero-order valence-electron chi connectivity index (χ0n) is 17.1. The minimum Gasteiger partial charge on any atom is -0.359 e. The highest BCUT2D eigenvalue weighted by atomic mass is 32.1. The van der Waals surface area contributed by atoms with E-state index < -0.39 is 23.1 Å². The summed E-state index contributed by atoms with van der Waals surface area (Å²) in [7, 11) is 1.62. The number of nitrogens with one attached hydrogen (secondary N) is 2. The minimum atomic E-state index is -1.08. The van der Waals surface area contributed by atoms with E-state index in [0.29, 0.717) is 41.4 Å². The van der Waals surface area contributed by atoms with Crippen LogP contribution in [0.15, 0.2) is 29.3 Å². The van der Waals surface area contributed by atoms with Crippen molar-refractivity contribution in [1.29, 1.82) is 0 Å². The van der Waals surface area contributed by atoms with Crippen LogP contribution in [0.3, 0.4) is 0 Å². The molecule has 0 unspecified atom stereocenters. The van der Waals surface area contributed by atoms with Crippen LogP contribution in [0.1, 0.15) is 12.8 Å². The number of fused-ring (bicyclic) bond motifs is 1. The molecule has 0 aliphatic carbocycles. The first-order valence-corrected chi connectivity index (χ1v) is 10.7. The first-order valence-electron chi connectivity index (χ1n) is 9.93. The van der Waals surface area contributed by atoms with E-state index in [-0.39, 0.29) is 24.1 Å². The normalized spacial score (nSPS) is 14.5. The first-order chi connectivity index (χ1) is 15.4. The second-order valence-electron chi connectivity index (χ2n) is 7.38. The number of aromatic nitrogens is 3. The quantitative estimate of drug-likeness (QED) is 0.598. The number of carbonyl (C=O) groups is 2. The van der Waals surface area contributed by atoms with Crippen molar-refractivity contribution in [3.63, 3.8) is 0 Å². The van der Waals surface area contributed by atoms with E-state index in [2.05, 4.69) is 20.6 Å². The molecule has 0 spiro atoms. The van der Waals surface area contributed by atoms with Gasteiger partial charge in [0.15, 0.2) is 22.4 Å². The Kier molecular flexibility index (Phi) is 6.12. The van der Waals surface area contributed by atoms with E-state index in [9.17, 15) is 23.2 Å². The van der Waals surface area contributed by atoms with E-state index in [4.69, 9.17) is 0 Å². The van der Waals surface area contributed by atoms with E-state index in [0.717, 1.165) is 16.7 Å². The molecule has 3 aromatic rings. The monoisotopic (exact) mass is 462 g/mol. The largest absolute Gasteiger partial charge is 0.359 e. The van der Waals surface area contributed by atoms with Crippen molar-refractivity contribution in [3.05, 3.63) is 46.5 Å². The number of rotatable bonds is 5. The van der Waals surface area contributed by atoms with Crippen LogP contribution in [0.5, 0.6) is 0 Å². The van der Waals surface area contributed by atoms with Gasteiger partial charge in [-0.1, -0.05) is 11.3 Å². The SMILES string of the molecule is CNC(=O)C1CCN(c2nc3ncn(CC(=O)Nc4ccc(F)c(F)c4)c(=O)c3s2)CC1. The molecule has 1 aromatic carbocycles. The summed E-state index contributed by atoms with van der Waals surface area (Å²) in [6.45, 7) is 0.941. The fourth-order valence-corrected chi connectivity index (χ4v) is 4.57. The Hall–Kier alpha value is -3.41. The van der Waals surface area contributed by atoms with Gasteiger partial charge in [0.1, 0.15) is 17.6 Å². The number of halogens is 2. The summed E-state index contributed by atoms with van der Waals surface area (Å²) in [5.41, 5.74) is -0.0451. The van der Waals surface area contributed by atoms with Crippen LogP contribution >= 0.6 is 11.3 Å². The molecule has 2 N–H and O–H groups in total. The molecule has 0 saturated carbocycles. The smallest absolute Gasteiger partial charge is 0.273 e. The van der Waals surface area contributed by atoms with Gasteiger partial charge in [-0.25, -0.2) is 13.8 Å². The fourth-order valence-electron chi connectivity index (χ4n) is 3.55. The number of hydrogen-bond donors (Lipinski definition) is 2. The van der Waals surface area contributed by atoms with Crippen molar-refractivity contribution in [2.24, 2.45) is 5.92 Å². The highest BCUT2D eigenvalue weighted by molar-refractivity contribution is 7.22. The van der Waals surface area contributed by atoms with Crippen LogP contribution in [-0.2, 0) is 16.1 Å². The molecule has 0 bridgehead atoms. The molecule has 168 valence electrons.